The lowest BCUT2D eigenvalue weighted by atomic mass is 10.3. The van der Waals surface area contributed by atoms with Crippen LogP contribution in [-0.4, -0.2) is 51.1 Å². The van der Waals surface area contributed by atoms with Crippen molar-refractivity contribution in [3.05, 3.63) is 52.8 Å². The van der Waals surface area contributed by atoms with Crippen LogP contribution in [0, 0.1) is 0 Å². The number of pyridine rings is 1. The molecule has 0 atom stereocenters. The van der Waals surface area contributed by atoms with Crippen LogP contribution >= 0.6 is 11.3 Å². The SMILES string of the molecule is c1cncc(-c2noc(CN3CCCN(Cc4cccs4)CC3)n2)c1. The maximum atomic E-state index is 5.43. The minimum atomic E-state index is 0.609. The second-order valence-corrected chi connectivity index (χ2v) is 7.27. The van der Waals surface area contributed by atoms with Gasteiger partial charge < -0.3 is 4.52 Å². The van der Waals surface area contributed by atoms with Crippen LogP contribution in [0.1, 0.15) is 17.2 Å². The van der Waals surface area contributed by atoms with E-state index in [4.69, 9.17) is 4.52 Å². The van der Waals surface area contributed by atoms with E-state index in [2.05, 4.69) is 42.4 Å². The topological polar surface area (TPSA) is 58.3 Å². The van der Waals surface area contributed by atoms with Crippen LogP contribution in [0.4, 0.5) is 0 Å². The summed E-state index contributed by atoms with van der Waals surface area (Å²) < 4.78 is 5.43. The number of nitrogens with zero attached hydrogens (tertiary/aromatic N) is 5. The molecule has 0 aromatic carbocycles. The normalized spacial score (nSPS) is 16.8. The standard InChI is InChI=1S/C18H21N5OS/c1-4-15(12-19-6-1)18-20-17(24-21-18)14-23-8-3-7-22(9-10-23)13-16-5-2-11-25-16/h1-2,4-6,11-12H,3,7-10,13-14H2. The lowest BCUT2D eigenvalue weighted by Gasteiger charge is -2.20. The summed E-state index contributed by atoms with van der Waals surface area (Å²) in [5, 5.41) is 6.23. The molecule has 25 heavy (non-hydrogen) atoms. The Morgan fingerprint density at radius 3 is 2.68 bits per heavy atom. The molecule has 0 N–H and O–H groups in total. The first-order valence-electron chi connectivity index (χ1n) is 8.57. The zero-order valence-electron chi connectivity index (χ0n) is 14.0. The number of aromatic nitrogens is 3. The molecule has 1 saturated heterocycles. The molecule has 0 unspecified atom stereocenters. The molecule has 4 heterocycles. The van der Waals surface area contributed by atoms with E-state index < -0.39 is 0 Å². The Labute approximate surface area is 151 Å². The number of hydrogen-bond donors (Lipinski definition) is 0. The molecule has 1 aliphatic rings. The van der Waals surface area contributed by atoms with Crippen LogP contribution in [0.3, 0.4) is 0 Å². The van der Waals surface area contributed by atoms with Crippen LogP contribution in [0.25, 0.3) is 11.4 Å². The second-order valence-electron chi connectivity index (χ2n) is 6.24. The van der Waals surface area contributed by atoms with E-state index in [9.17, 15) is 0 Å². The molecule has 0 radical (unpaired) electrons. The molecule has 7 heteroatoms. The predicted molar refractivity (Wildman–Crippen MR) is 97.0 cm³/mol. The predicted octanol–water partition coefficient (Wildman–Crippen LogP) is 2.90. The van der Waals surface area contributed by atoms with Crippen LogP contribution in [0.5, 0.6) is 0 Å². The number of thiophene rings is 1. The lowest BCUT2D eigenvalue weighted by molar-refractivity contribution is 0.222. The van der Waals surface area contributed by atoms with E-state index >= 15 is 0 Å². The molecule has 130 valence electrons. The first kappa shape index (κ1) is 16.4. The largest absolute Gasteiger partial charge is 0.338 e. The average molecular weight is 355 g/mol. The molecule has 6 nitrogen and oxygen atoms in total. The van der Waals surface area contributed by atoms with Gasteiger partial charge in [0.1, 0.15) is 0 Å². The van der Waals surface area contributed by atoms with Crippen molar-refractivity contribution in [1.82, 2.24) is 24.9 Å². The fraction of sp³-hybridized carbons (Fsp3) is 0.389. The Bertz CT molecular complexity index is 774. The molecule has 0 bridgehead atoms. The summed E-state index contributed by atoms with van der Waals surface area (Å²) in [5.41, 5.74) is 0.885. The summed E-state index contributed by atoms with van der Waals surface area (Å²) in [6.45, 7) is 6.06. The van der Waals surface area contributed by atoms with Crippen LogP contribution in [0.15, 0.2) is 46.6 Å². The van der Waals surface area contributed by atoms with Crippen LogP contribution in [0.2, 0.25) is 0 Å². The van der Waals surface area contributed by atoms with Crippen molar-refractivity contribution < 1.29 is 4.52 Å². The van der Waals surface area contributed by atoms with Gasteiger partial charge in [-0.2, -0.15) is 4.98 Å². The van der Waals surface area contributed by atoms with Gasteiger partial charge in [-0.25, -0.2) is 0 Å². The fourth-order valence-electron chi connectivity index (χ4n) is 3.09. The third-order valence-corrected chi connectivity index (χ3v) is 5.25. The van der Waals surface area contributed by atoms with E-state index in [1.165, 1.54) is 4.88 Å². The first-order valence-corrected chi connectivity index (χ1v) is 9.45. The Balaban J connectivity index is 1.33. The van der Waals surface area contributed by atoms with E-state index in [1.54, 1.807) is 12.4 Å². The van der Waals surface area contributed by atoms with Gasteiger partial charge in [0.05, 0.1) is 6.54 Å². The molecule has 1 aliphatic heterocycles. The Hall–Kier alpha value is -2.09. The minimum Gasteiger partial charge on any atom is -0.338 e. The summed E-state index contributed by atoms with van der Waals surface area (Å²) in [6.07, 6.45) is 4.65. The molecular formula is C18H21N5OS. The van der Waals surface area contributed by atoms with E-state index in [0.29, 0.717) is 18.3 Å². The van der Waals surface area contributed by atoms with Crippen LogP contribution < -0.4 is 0 Å². The van der Waals surface area contributed by atoms with Crippen molar-refractivity contribution in [2.24, 2.45) is 0 Å². The highest BCUT2D eigenvalue weighted by atomic mass is 32.1. The lowest BCUT2D eigenvalue weighted by Crippen LogP contribution is -2.30. The van der Waals surface area contributed by atoms with Crippen molar-refractivity contribution in [2.45, 2.75) is 19.5 Å². The van der Waals surface area contributed by atoms with Gasteiger partial charge in [0.25, 0.3) is 0 Å². The maximum Gasteiger partial charge on any atom is 0.241 e. The Kier molecular flexibility index (Phi) is 5.15. The molecule has 0 aliphatic carbocycles. The van der Waals surface area contributed by atoms with Gasteiger partial charge in [0.15, 0.2) is 0 Å². The summed E-state index contributed by atoms with van der Waals surface area (Å²) >= 11 is 1.83. The highest BCUT2D eigenvalue weighted by Crippen LogP contribution is 2.17. The molecule has 0 saturated carbocycles. The molecular weight excluding hydrogens is 334 g/mol. The highest BCUT2D eigenvalue weighted by Gasteiger charge is 2.18. The van der Waals surface area contributed by atoms with Gasteiger partial charge in [0.2, 0.25) is 11.7 Å². The van der Waals surface area contributed by atoms with E-state index in [1.807, 2.05) is 23.5 Å². The van der Waals surface area contributed by atoms with Gasteiger partial charge in [-0.15, -0.1) is 11.3 Å². The molecule has 4 rings (SSSR count). The van der Waals surface area contributed by atoms with Crippen LogP contribution in [-0.2, 0) is 13.1 Å². The summed E-state index contributed by atoms with van der Waals surface area (Å²) in [6, 6.07) is 8.16. The zero-order chi connectivity index (χ0) is 16.9. The van der Waals surface area contributed by atoms with Gasteiger partial charge in [-0.3, -0.25) is 14.8 Å². The molecule has 0 amide bonds. The summed E-state index contributed by atoms with van der Waals surface area (Å²) in [4.78, 5) is 15.0. The molecule has 3 aromatic heterocycles. The van der Waals surface area contributed by atoms with Crippen molar-refractivity contribution in [3.63, 3.8) is 0 Å². The third kappa shape index (κ3) is 4.31. The van der Waals surface area contributed by atoms with Crippen molar-refractivity contribution >= 4 is 11.3 Å². The summed E-state index contributed by atoms with van der Waals surface area (Å²) in [7, 11) is 0. The number of rotatable bonds is 5. The fourth-order valence-corrected chi connectivity index (χ4v) is 3.83. The second kappa shape index (κ2) is 7.86. The smallest absolute Gasteiger partial charge is 0.241 e. The van der Waals surface area contributed by atoms with E-state index in [-0.39, 0.29) is 0 Å². The molecule has 1 fully saturated rings. The Morgan fingerprint density at radius 2 is 1.92 bits per heavy atom. The zero-order valence-corrected chi connectivity index (χ0v) is 14.9. The maximum absolute atomic E-state index is 5.43. The average Bonchev–Trinajstić information content (AvgIpc) is 3.27. The van der Waals surface area contributed by atoms with Crippen molar-refractivity contribution in [3.8, 4) is 11.4 Å². The first-order chi connectivity index (χ1) is 12.4. The van der Waals surface area contributed by atoms with Gasteiger partial charge in [0, 0.05) is 42.5 Å². The highest BCUT2D eigenvalue weighted by molar-refractivity contribution is 7.09. The Morgan fingerprint density at radius 1 is 1.04 bits per heavy atom. The number of hydrogen-bond acceptors (Lipinski definition) is 7. The van der Waals surface area contributed by atoms with Crippen molar-refractivity contribution in [2.75, 3.05) is 26.2 Å². The van der Waals surface area contributed by atoms with Gasteiger partial charge in [-0.05, 0) is 43.1 Å². The monoisotopic (exact) mass is 355 g/mol. The molecule has 0 spiro atoms. The van der Waals surface area contributed by atoms with Gasteiger partial charge in [-0.1, -0.05) is 11.2 Å². The molecule has 3 aromatic rings. The van der Waals surface area contributed by atoms with E-state index in [0.717, 1.165) is 44.7 Å². The third-order valence-electron chi connectivity index (χ3n) is 4.39. The van der Waals surface area contributed by atoms with Gasteiger partial charge >= 0.3 is 0 Å². The van der Waals surface area contributed by atoms with Crippen molar-refractivity contribution in [1.29, 1.82) is 0 Å². The summed E-state index contributed by atoms with van der Waals surface area (Å²) in [5.74, 6) is 1.28. The minimum absolute atomic E-state index is 0.609. The quantitative estimate of drug-likeness (QED) is 0.701.